The molecular formula is C24H20ClN3O3S. The normalized spacial score (nSPS) is 13.3. The SMILES string of the molecule is Cc1oncc1-c1cc(NSc2cc(C(=O)O)ccc2C2CC2)c(-n2cccc2)cc1Cl. The number of aromatic carboxylic acids is 1. The first-order chi connectivity index (χ1) is 15.5. The standard InChI is InChI=1S/C24H20ClN3O3S/c1-14-19(13-26-31-14)18-11-21(22(12-20(18)25)28-8-2-3-9-28)27-32-23-10-16(24(29)30)6-7-17(23)15-4-5-15/h2-3,6-13,15,27H,4-5H2,1H3,(H,29,30). The van der Waals surface area contributed by atoms with Gasteiger partial charge in [0.2, 0.25) is 0 Å². The number of anilines is 1. The number of aromatic nitrogens is 2. The largest absolute Gasteiger partial charge is 0.478 e. The summed E-state index contributed by atoms with van der Waals surface area (Å²) in [7, 11) is 0. The molecule has 6 nitrogen and oxygen atoms in total. The topological polar surface area (TPSA) is 80.3 Å². The summed E-state index contributed by atoms with van der Waals surface area (Å²) in [6.07, 6.45) is 7.82. The molecule has 2 N–H and O–H groups in total. The lowest BCUT2D eigenvalue weighted by atomic mass is 10.1. The smallest absolute Gasteiger partial charge is 0.335 e. The van der Waals surface area contributed by atoms with Crippen LogP contribution in [0.2, 0.25) is 5.02 Å². The number of nitrogens with zero attached hydrogens (tertiary/aromatic N) is 2. The number of aryl methyl sites for hydroxylation is 1. The van der Waals surface area contributed by atoms with Gasteiger partial charge in [-0.25, -0.2) is 4.79 Å². The van der Waals surface area contributed by atoms with Crippen LogP contribution in [0.15, 0.2) is 70.5 Å². The Hall–Kier alpha value is -3.16. The van der Waals surface area contributed by atoms with E-state index in [4.69, 9.17) is 16.1 Å². The monoisotopic (exact) mass is 465 g/mol. The number of benzene rings is 2. The molecule has 2 heterocycles. The number of nitrogens with one attached hydrogen (secondary N) is 1. The lowest BCUT2D eigenvalue weighted by molar-refractivity contribution is 0.0696. The summed E-state index contributed by atoms with van der Waals surface area (Å²) in [6.45, 7) is 1.85. The van der Waals surface area contributed by atoms with Crippen molar-refractivity contribution in [3.63, 3.8) is 0 Å². The Bertz CT molecular complexity index is 1300. The highest BCUT2D eigenvalue weighted by atomic mass is 35.5. The number of carboxylic acid groups (broad SMARTS) is 1. The van der Waals surface area contributed by atoms with Gasteiger partial charge in [-0.05, 0) is 79.6 Å². The second-order valence-corrected chi connectivity index (χ2v) is 9.03. The molecule has 0 radical (unpaired) electrons. The summed E-state index contributed by atoms with van der Waals surface area (Å²) in [4.78, 5) is 12.4. The molecule has 0 spiro atoms. The van der Waals surface area contributed by atoms with Crippen LogP contribution in [0.25, 0.3) is 16.8 Å². The molecular weight excluding hydrogens is 446 g/mol. The maximum Gasteiger partial charge on any atom is 0.335 e. The van der Waals surface area contributed by atoms with Gasteiger partial charge in [0.05, 0.1) is 28.2 Å². The van der Waals surface area contributed by atoms with Crippen molar-refractivity contribution in [2.75, 3.05) is 4.72 Å². The maximum atomic E-state index is 11.5. The van der Waals surface area contributed by atoms with Crippen molar-refractivity contribution in [1.29, 1.82) is 0 Å². The number of rotatable bonds is 7. The molecule has 8 heteroatoms. The molecule has 1 aliphatic rings. The van der Waals surface area contributed by atoms with E-state index in [0.717, 1.165) is 40.2 Å². The highest BCUT2D eigenvalue weighted by molar-refractivity contribution is 8.00. The Labute approximate surface area is 194 Å². The van der Waals surface area contributed by atoms with E-state index in [1.807, 2.05) is 54.2 Å². The number of hydrogen-bond acceptors (Lipinski definition) is 5. The van der Waals surface area contributed by atoms with Gasteiger partial charge >= 0.3 is 5.97 Å². The zero-order valence-corrected chi connectivity index (χ0v) is 18.8. The van der Waals surface area contributed by atoms with Crippen LogP contribution in [0.1, 0.15) is 40.4 Å². The molecule has 0 amide bonds. The van der Waals surface area contributed by atoms with E-state index in [-0.39, 0.29) is 5.56 Å². The van der Waals surface area contributed by atoms with Gasteiger partial charge in [0.1, 0.15) is 5.76 Å². The highest BCUT2D eigenvalue weighted by Gasteiger charge is 2.27. The second-order valence-electron chi connectivity index (χ2n) is 7.77. The molecule has 162 valence electrons. The summed E-state index contributed by atoms with van der Waals surface area (Å²) in [5.74, 6) is 0.245. The fourth-order valence-electron chi connectivity index (χ4n) is 3.71. The van der Waals surface area contributed by atoms with E-state index in [1.165, 1.54) is 17.5 Å². The van der Waals surface area contributed by atoms with E-state index in [0.29, 0.717) is 16.7 Å². The third-order valence-corrected chi connectivity index (χ3v) is 6.77. The molecule has 32 heavy (non-hydrogen) atoms. The zero-order chi connectivity index (χ0) is 22.2. The Balaban J connectivity index is 1.55. The summed E-state index contributed by atoms with van der Waals surface area (Å²) >= 11 is 8.07. The van der Waals surface area contributed by atoms with E-state index >= 15 is 0 Å². The van der Waals surface area contributed by atoms with Crippen molar-refractivity contribution < 1.29 is 14.4 Å². The van der Waals surface area contributed by atoms with Crippen LogP contribution < -0.4 is 4.72 Å². The predicted molar refractivity (Wildman–Crippen MR) is 126 cm³/mol. The fraction of sp³-hybridized carbons (Fsp3) is 0.167. The minimum absolute atomic E-state index is 0.279. The number of carboxylic acids is 1. The van der Waals surface area contributed by atoms with Crippen LogP contribution in [0.4, 0.5) is 5.69 Å². The Kier molecular flexibility index (Phi) is 5.45. The first kappa shape index (κ1) is 20.7. The van der Waals surface area contributed by atoms with Gasteiger partial charge in [-0.3, -0.25) is 0 Å². The number of halogens is 1. The van der Waals surface area contributed by atoms with E-state index in [9.17, 15) is 9.90 Å². The van der Waals surface area contributed by atoms with Gasteiger partial charge in [-0.1, -0.05) is 22.8 Å². The van der Waals surface area contributed by atoms with Crippen molar-refractivity contribution in [2.24, 2.45) is 0 Å². The van der Waals surface area contributed by atoms with Crippen LogP contribution >= 0.6 is 23.5 Å². The first-order valence-corrected chi connectivity index (χ1v) is 11.4. The van der Waals surface area contributed by atoms with E-state index in [2.05, 4.69) is 9.88 Å². The van der Waals surface area contributed by atoms with E-state index in [1.54, 1.807) is 18.3 Å². The Morgan fingerprint density at radius 1 is 1.22 bits per heavy atom. The first-order valence-electron chi connectivity index (χ1n) is 10.2. The lowest BCUT2D eigenvalue weighted by Gasteiger charge is -2.17. The van der Waals surface area contributed by atoms with Gasteiger partial charge < -0.3 is 18.9 Å². The van der Waals surface area contributed by atoms with Crippen molar-refractivity contribution >= 4 is 35.2 Å². The molecule has 0 unspecified atom stereocenters. The van der Waals surface area contributed by atoms with Gasteiger partial charge in [-0.15, -0.1) is 0 Å². The summed E-state index contributed by atoms with van der Waals surface area (Å²) in [5, 5.41) is 13.9. The molecule has 0 saturated heterocycles. The maximum absolute atomic E-state index is 11.5. The van der Waals surface area contributed by atoms with Crippen LogP contribution in [-0.2, 0) is 0 Å². The van der Waals surface area contributed by atoms with Crippen LogP contribution in [0.3, 0.4) is 0 Å². The molecule has 1 saturated carbocycles. The predicted octanol–water partition coefficient (Wildman–Crippen LogP) is 6.79. The van der Waals surface area contributed by atoms with Gasteiger partial charge in [-0.2, -0.15) is 0 Å². The van der Waals surface area contributed by atoms with Gasteiger partial charge in [0.15, 0.2) is 0 Å². The molecule has 0 bridgehead atoms. The van der Waals surface area contributed by atoms with Crippen molar-refractivity contribution in [3.05, 3.63) is 83.0 Å². The van der Waals surface area contributed by atoms with Crippen LogP contribution in [0.5, 0.6) is 0 Å². The molecule has 2 aromatic heterocycles. The molecule has 0 atom stereocenters. The van der Waals surface area contributed by atoms with Crippen molar-refractivity contribution in [1.82, 2.24) is 9.72 Å². The Morgan fingerprint density at radius 2 is 2.00 bits per heavy atom. The van der Waals surface area contributed by atoms with Gasteiger partial charge in [0.25, 0.3) is 0 Å². The van der Waals surface area contributed by atoms with Crippen LogP contribution in [-0.4, -0.2) is 20.8 Å². The summed E-state index contributed by atoms with van der Waals surface area (Å²) < 4.78 is 10.7. The molecule has 0 aliphatic heterocycles. The lowest BCUT2D eigenvalue weighted by Crippen LogP contribution is -2.01. The second kappa shape index (κ2) is 8.41. The minimum Gasteiger partial charge on any atom is -0.478 e. The third kappa shape index (κ3) is 4.01. The molecule has 1 fully saturated rings. The molecule has 1 aliphatic carbocycles. The highest BCUT2D eigenvalue weighted by Crippen LogP contribution is 2.45. The average molecular weight is 466 g/mol. The quantitative estimate of drug-likeness (QED) is 0.292. The summed E-state index contributed by atoms with van der Waals surface area (Å²) in [6, 6.07) is 13.1. The molecule has 4 aromatic rings. The number of carbonyl (C=O) groups is 1. The Morgan fingerprint density at radius 3 is 2.66 bits per heavy atom. The minimum atomic E-state index is -0.932. The van der Waals surface area contributed by atoms with Crippen molar-refractivity contribution in [3.8, 4) is 16.8 Å². The zero-order valence-electron chi connectivity index (χ0n) is 17.2. The molecule has 5 rings (SSSR count). The third-order valence-electron chi connectivity index (χ3n) is 5.56. The van der Waals surface area contributed by atoms with Crippen molar-refractivity contribution in [2.45, 2.75) is 30.6 Å². The fourth-order valence-corrected chi connectivity index (χ4v) is 4.90. The number of hydrogen-bond donors (Lipinski definition) is 2. The summed E-state index contributed by atoms with van der Waals surface area (Å²) in [5.41, 5.74) is 4.82. The average Bonchev–Trinajstić information content (AvgIpc) is 3.30. The van der Waals surface area contributed by atoms with E-state index < -0.39 is 5.97 Å². The van der Waals surface area contributed by atoms with Crippen LogP contribution in [0, 0.1) is 6.92 Å². The molecule has 2 aromatic carbocycles. The van der Waals surface area contributed by atoms with Gasteiger partial charge in [0, 0.05) is 28.4 Å².